The molecule has 31 heavy (non-hydrogen) atoms. The van der Waals surface area contributed by atoms with E-state index in [9.17, 15) is 13.2 Å². The SMILES string of the molecule is Cc1ccc(CN(CC(=O)Nc2c(C)cc(C)cc2C)S(=O)(=O)c2ccccc2)cc1. The fraction of sp³-hybridized carbons (Fsp3) is 0.240. The van der Waals surface area contributed by atoms with Gasteiger partial charge in [0.2, 0.25) is 15.9 Å². The highest BCUT2D eigenvalue weighted by Gasteiger charge is 2.27. The first-order chi connectivity index (χ1) is 14.7. The van der Waals surface area contributed by atoms with Gasteiger partial charge in [-0.15, -0.1) is 0 Å². The van der Waals surface area contributed by atoms with E-state index < -0.39 is 10.0 Å². The van der Waals surface area contributed by atoms with Crippen LogP contribution in [0, 0.1) is 27.7 Å². The van der Waals surface area contributed by atoms with Gasteiger partial charge in [-0.1, -0.05) is 65.7 Å². The minimum atomic E-state index is -3.85. The molecule has 1 N–H and O–H groups in total. The molecule has 6 heteroatoms. The molecule has 0 aliphatic heterocycles. The number of rotatable bonds is 7. The normalized spacial score (nSPS) is 11.5. The topological polar surface area (TPSA) is 66.5 Å². The van der Waals surface area contributed by atoms with Crippen molar-refractivity contribution < 1.29 is 13.2 Å². The molecule has 162 valence electrons. The average Bonchev–Trinajstić information content (AvgIpc) is 2.72. The summed E-state index contributed by atoms with van der Waals surface area (Å²) in [6.45, 7) is 7.67. The number of carbonyl (C=O) groups is 1. The number of nitrogens with one attached hydrogen (secondary N) is 1. The summed E-state index contributed by atoms with van der Waals surface area (Å²) >= 11 is 0. The monoisotopic (exact) mass is 436 g/mol. The zero-order valence-electron chi connectivity index (χ0n) is 18.3. The predicted octanol–water partition coefficient (Wildman–Crippen LogP) is 4.75. The van der Waals surface area contributed by atoms with E-state index in [-0.39, 0.29) is 23.9 Å². The molecule has 0 atom stereocenters. The summed E-state index contributed by atoms with van der Waals surface area (Å²) in [5.74, 6) is -0.373. The Hall–Kier alpha value is -2.96. The van der Waals surface area contributed by atoms with E-state index in [4.69, 9.17) is 0 Å². The van der Waals surface area contributed by atoms with Crippen molar-refractivity contribution in [2.75, 3.05) is 11.9 Å². The lowest BCUT2D eigenvalue weighted by Gasteiger charge is -2.23. The van der Waals surface area contributed by atoms with Crippen LogP contribution in [0.4, 0.5) is 5.69 Å². The molecular formula is C25H28N2O3S. The molecule has 3 aromatic carbocycles. The molecule has 0 saturated carbocycles. The Bertz CT molecular complexity index is 1150. The second-order valence-corrected chi connectivity index (χ2v) is 9.83. The molecule has 3 rings (SSSR count). The van der Waals surface area contributed by atoms with Crippen molar-refractivity contribution in [1.82, 2.24) is 4.31 Å². The maximum absolute atomic E-state index is 13.3. The predicted molar refractivity (Wildman–Crippen MR) is 124 cm³/mol. The van der Waals surface area contributed by atoms with Gasteiger partial charge in [0.15, 0.2) is 0 Å². The summed E-state index contributed by atoms with van der Waals surface area (Å²) in [4.78, 5) is 13.1. The molecule has 0 spiro atoms. The van der Waals surface area contributed by atoms with Crippen LogP contribution < -0.4 is 5.32 Å². The van der Waals surface area contributed by atoms with Crippen LogP contribution in [-0.2, 0) is 21.4 Å². The van der Waals surface area contributed by atoms with Crippen molar-refractivity contribution >= 4 is 21.6 Å². The average molecular weight is 437 g/mol. The van der Waals surface area contributed by atoms with Gasteiger partial charge in [-0.25, -0.2) is 8.42 Å². The molecule has 5 nitrogen and oxygen atoms in total. The molecule has 0 fully saturated rings. The largest absolute Gasteiger partial charge is 0.324 e. The van der Waals surface area contributed by atoms with E-state index in [2.05, 4.69) is 5.32 Å². The van der Waals surface area contributed by atoms with E-state index >= 15 is 0 Å². The number of hydrogen-bond acceptors (Lipinski definition) is 3. The highest BCUT2D eigenvalue weighted by atomic mass is 32.2. The molecular weight excluding hydrogens is 408 g/mol. The lowest BCUT2D eigenvalue weighted by atomic mass is 10.1. The standard InChI is InChI=1S/C25H28N2O3S/c1-18-10-12-22(13-11-18)16-27(31(29,30)23-8-6-5-7-9-23)17-24(28)26-25-20(3)14-19(2)15-21(25)4/h5-15H,16-17H2,1-4H3,(H,26,28). The zero-order valence-corrected chi connectivity index (χ0v) is 19.2. The smallest absolute Gasteiger partial charge is 0.243 e. The summed E-state index contributed by atoms with van der Waals surface area (Å²) in [6, 6.07) is 19.8. The van der Waals surface area contributed by atoms with Crippen molar-refractivity contribution in [1.29, 1.82) is 0 Å². The first-order valence-corrected chi connectivity index (χ1v) is 11.6. The molecule has 0 aliphatic carbocycles. The van der Waals surface area contributed by atoms with Gasteiger partial charge in [-0.05, 0) is 56.5 Å². The Balaban J connectivity index is 1.89. The minimum Gasteiger partial charge on any atom is -0.324 e. The summed E-state index contributed by atoms with van der Waals surface area (Å²) < 4.78 is 27.9. The van der Waals surface area contributed by atoms with Crippen molar-refractivity contribution in [2.24, 2.45) is 0 Å². The second-order valence-electron chi connectivity index (χ2n) is 7.89. The van der Waals surface area contributed by atoms with Crippen molar-refractivity contribution in [2.45, 2.75) is 39.1 Å². The number of amides is 1. The first kappa shape index (κ1) is 22.7. The lowest BCUT2D eigenvalue weighted by molar-refractivity contribution is -0.116. The Morgan fingerprint density at radius 2 is 1.42 bits per heavy atom. The van der Waals surface area contributed by atoms with Crippen molar-refractivity contribution in [3.8, 4) is 0 Å². The summed E-state index contributed by atoms with van der Waals surface area (Å²) in [5, 5.41) is 2.91. The van der Waals surface area contributed by atoms with Crippen LogP contribution in [0.15, 0.2) is 71.6 Å². The molecule has 0 aliphatic rings. The number of anilines is 1. The van der Waals surface area contributed by atoms with Gasteiger partial charge in [-0.2, -0.15) is 4.31 Å². The van der Waals surface area contributed by atoms with E-state index in [1.807, 2.05) is 64.1 Å². The molecule has 0 heterocycles. The molecule has 0 unspecified atom stereocenters. The quantitative estimate of drug-likeness (QED) is 0.581. The maximum atomic E-state index is 13.3. The fourth-order valence-electron chi connectivity index (χ4n) is 3.58. The fourth-order valence-corrected chi connectivity index (χ4v) is 4.99. The van der Waals surface area contributed by atoms with Crippen LogP contribution in [0.3, 0.4) is 0 Å². The molecule has 0 radical (unpaired) electrons. The van der Waals surface area contributed by atoms with Gasteiger partial charge in [0.25, 0.3) is 0 Å². The van der Waals surface area contributed by atoms with Crippen molar-refractivity contribution in [3.63, 3.8) is 0 Å². The van der Waals surface area contributed by atoms with Crippen molar-refractivity contribution in [3.05, 3.63) is 94.5 Å². The number of hydrogen-bond donors (Lipinski definition) is 1. The van der Waals surface area contributed by atoms with Crippen LogP contribution in [0.25, 0.3) is 0 Å². The van der Waals surface area contributed by atoms with Crippen LogP contribution in [0.5, 0.6) is 0 Å². The minimum absolute atomic E-state index is 0.108. The van der Waals surface area contributed by atoms with Crippen LogP contribution in [0.2, 0.25) is 0 Å². The first-order valence-electron chi connectivity index (χ1n) is 10.2. The number of carbonyl (C=O) groups excluding carboxylic acids is 1. The molecule has 0 bridgehead atoms. The third kappa shape index (κ3) is 5.60. The van der Waals surface area contributed by atoms with E-state index in [0.717, 1.165) is 33.5 Å². The number of aryl methyl sites for hydroxylation is 4. The number of sulfonamides is 1. The van der Waals surface area contributed by atoms with Crippen LogP contribution in [0.1, 0.15) is 27.8 Å². The Morgan fingerprint density at radius 1 is 0.839 bits per heavy atom. The summed E-state index contributed by atoms with van der Waals surface area (Å²) in [6.07, 6.45) is 0. The van der Waals surface area contributed by atoms with E-state index in [1.165, 1.54) is 4.31 Å². The van der Waals surface area contributed by atoms with Gasteiger partial charge in [0.05, 0.1) is 11.4 Å². The lowest BCUT2D eigenvalue weighted by Crippen LogP contribution is -2.37. The van der Waals surface area contributed by atoms with Crippen LogP contribution >= 0.6 is 0 Å². The molecule has 0 aromatic heterocycles. The van der Waals surface area contributed by atoms with Gasteiger partial charge >= 0.3 is 0 Å². The van der Waals surface area contributed by atoms with Gasteiger partial charge in [0, 0.05) is 12.2 Å². The van der Waals surface area contributed by atoms with Gasteiger partial charge in [-0.3, -0.25) is 4.79 Å². The Morgan fingerprint density at radius 3 is 2.00 bits per heavy atom. The van der Waals surface area contributed by atoms with Gasteiger partial charge < -0.3 is 5.32 Å². The Kier molecular flexibility index (Phi) is 6.93. The molecule has 1 amide bonds. The van der Waals surface area contributed by atoms with E-state index in [0.29, 0.717) is 0 Å². The van der Waals surface area contributed by atoms with E-state index in [1.54, 1.807) is 30.3 Å². The zero-order chi connectivity index (χ0) is 22.6. The number of nitrogens with zero attached hydrogens (tertiary/aromatic N) is 1. The maximum Gasteiger partial charge on any atom is 0.243 e. The Labute approximate surface area is 184 Å². The van der Waals surface area contributed by atoms with Gasteiger partial charge in [0.1, 0.15) is 0 Å². The third-order valence-corrected chi connectivity index (χ3v) is 6.93. The molecule has 3 aromatic rings. The van der Waals surface area contributed by atoms with Crippen LogP contribution in [-0.4, -0.2) is 25.2 Å². The molecule has 0 saturated heterocycles. The second kappa shape index (κ2) is 9.45. The summed E-state index contributed by atoms with van der Waals surface area (Å²) in [5.41, 5.74) is 5.64. The summed E-state index contributed by atoms with van der Waals surface area (Å²) in [7, 11) is -3.85. The number of benzene rings is 3. The highest BCUT2D eigenvalue weighted by Crippen LogP contribution is 2.23. The highest BCUT2D eigenvalue weighted by molar-refractivity contribution is 7.89. The third-order valence-electron chi connectivity index (χ3n) is 5.12.